The summed E-state index contributed by atoms with van der Waals surface area (Å²) < 4.78 is 1.96. The zero-order valence-electron chi connectivity index (χ0n) is 11.5. The SMILES string of the molecule is CNCc1ncnn1Cc1c(C)cc(C)cc1C. The summed E-state index contributed by atoms with van der Waals surface area (Å²) in [5.41, 5.74) is 5.28. The molecule has 2 aromatic rings. The molecule has 0 atom stereocenters. The maximum absolute atomic E-state index is 4.30. The Morgan fingerprint density at radius 2 is 1.83 bits per heavy atom. The lowest BCUT2D eigenvalue weighted by Gasteiger charge is -2.12. The summed E-state index contributed by atoms with van der Waals surface area (Å²) in [6.45, 7) is 7.97. The van der Waals surface area contributed by atoms with E-state index in [4.69, 9.17) is 0 Å². The van der Waals surface area contributed by atoms with Crippen molar-refractivity contribution in [3.8, 4) is 0 Å². The number of aromatic nitrogens is 3. The van der Waals surface area contributed by atoms with E-state index in [1.54, 1.807) is 6.33 Å². The maximum atomic E-state index is 4.30. The lowest BCUT2D eigenvalue weighted by Crippen LogP contribution is -2.15. The zero-order valence-corrected chi connectivity index (χ0v) is 11.5. The molecule has 0 unspecified atom stereocenters. The summed E-state index contributed by atoms with van der Waals surface area (Å²) in [7, 11) is 1.92. The molecule has 0 aliphatic heterocycles. The number of hydrogen-bond donors (Lipinski definition) is 1. The second kappa shape index (κ2) is 5.31. The van der Waals surface area contributed by atoms with E-state index in [-0.39, 0.29) is 0 Å². The molecule has 4 nitrogen and oxygen atoms in total. The van der Waals surface area contributed by atoms with E-state index in [0.29, 0.717) is 0 Å². The van der Waals surface area contributed by atoms with Crippen LogP contribution in [0.25, 0.3) is 0 Å². The molecule has 1 aromatic carbocycles. The normalized spacial score (nSPS) is 10.9. The Kier molecular flexibility index (Phi) is 3.77. The van der Waals surface area contributed by atoms with Crippen LogP contribution in [-0.2, 0) is 13.1 Å². The number of nitrogens with one attached hydrogen (secondary N) is 1. The summed E-state index contributed by atoms with van der Waals surface area (Å²) >= 11 is 0. The van der Waals surface area contributed by atoms with Crippen LogP contribution in [0.5, 0.6) is 0 Å². The van der Waals surface area contributed by atoms with Gasteiger partial charge in [0.05, 0.1) is 13.1 Å². The van der Waals surface area contributed by atoms with Crippen LogP contribution in [0.1, 0.15) is 28.1 Å². The highest BCUT2D eigenvalue weighted by molar-refractivity contribution is 5.37. The Bertz CT molecular complexity index is 519. The molecular weight excluding hydrogens is 224 g/mol. The molecule has 0 saturated carbocycles. The summed E-state index contributed by atoms with van der Waals surface area (Å²) in [5, 5.41) is 7.41. The third-order valence-electron chi connectivity index (χ3n) is 3.18. The van der Waals surface area contributed by atoms with Crippen molar-refractivity contribution in [2.75, 3.05) is 7.05 Å². The summed E-state index contributed by atoms with van der Waals surface area (Å²) in [4.78, 5) is 4.27. The number of aryl methyl sites for hydroxylation is 3. The van der Waals surface area contributed by atoms with Crippen molar-refractivity contribution >= 4 is 0 Å². The van der Waals surface area contributed by atoms with Crippen LogP contribution in [0.3, 0.4) is 0 Å². The summed E-state index contributed by atoms with van der Waals surface area (Å²) in [5.74, 6) is 0.969. The van der Waals surface area contributed by atoms with Gasteiger partial charge in [0.2, 0.25) is 0 Å². The van der Waals surface area contributed by atoms with Gasteiger partial charge in [-0.25, -0.2) is 9.67 Å². The van der Waals surface area contributed by atoms with Gasteiger partial charge in [-0.2, -0.15) is 5.10 Å². The van der Waals surface area contributed by atoms with Crippen LogP contribution >= 0.6 is 0 Å². The van der Waals surface area contributed by atoms with Crippen molar-refractivity contribution in [2.45, 2.75) is 33.9 Å². The Balaban J connectivity index is 2.31. The molecule has 0 fully saturated rings. The van der Waals surface area contributed by atoms with Gasteiger partial charge in [0.15, 0.2) is 0 Å². The Labute approximate surface area is 108 Å². The first-order valence-corrected chi connectivity index (χ1v) is 6.20. The highest BCUT2D eigenvalue weighted by Crippen LogP contribution is 2.17. The minimum Gasteiger partial charge on any atom is -0.313 e. The van der Waals surface area contributed by atoms with Crippen LogP contribution in [-0.4, -0.2) is 21.8 Å². The highest BCUT2D eigenvalue weighted by atomic mass is 15.3. The van der Waals surface area contributed by atoms with Crippen LogP contribution < -0.4 is 5.32 Å². The van der Waals surface area contributed by atoms with E-state index in [9.17, 15) is 0 Å². The predicted molar refractivity (Wildman–Crippen MR) is 72.5 cm³/mol. The molecule has 0 amide bonds. The van der Waals surface area contributed by atoms with E-state index >= 15 is 0 Å². The van der Waals surface area contributed by atoms with E-state index in [2.05, 4.69) is 48.3 Å². The number of benzene rings is 1. The van der Waals surface area contributed by atoms with Crippen molar-refractivity contribution < 1.29 is 0 Å². The topological polar surface area (TPSA) is 42.7 Å². The van der Waals surface area contributed by atoms with Crippen LogP contribution in [0.4, 0.5) is 0 Å². The molecule has 4 heteroatoms. The fourth-order valence-corrected chi connectivity index (χ4v) is 2.32. The Morgan fingerprint density at radius 1 is 1.17 bits per heavy atom. The highest BCUT2D eigenvalue weighted by Gasteiger charge is 2.08. The van der Waals surface area contributed by atoms with Gasteiger partial charge in [-0.15, -0.1) is 0 Å². The lowest BCUT2D eigenvalue weighted by atomic mass is 10.00. The molecular formula is C14H20N4. The van der Waals surface area contributed by atoms with E-state index in [1.165, 1.54) is 22.3 Å². The van der Waals surface area contributed by atoms with Crippen molar-refractivity contribution in [3.63, 3.8) is 0 Å². The summed E-state index contributed by atoms with van der Waals surface area (Å²) in [6, 6.07) is 4.44. The van der Waals surface area contributed by atoms with Crippen LogP contribution in [0, 0.1) is 20.8 Å². The number of rotatable bonds is 4. The molecule has 0 saturated heterocycles. The smallest absolute Gasteiger partial charge is 0.141 e. The van der Waals surface area contributed by atoms with Gasteiger partial charge in [0.25, 0.3) is 0 Å². The molecule has 96 valence electrons. The maximum Gasteiger partial charge on any atom is 0.141 e. The quantitative estimate of drug-likeness (QED) is 0.894. The van der Waals surface area contributed by atoms with Crippen LogP contribution in [0.2, 0.25) is 0 Å². The van der Waals surface area contributed by atoms with E-state index in [1.807, 2.05) is 11.7 Å². The van der Waals surface area contributed by atoms with Crippen molar-refractivity contribution in [3.05, 3.63) is 46.5 Å². The lowest BCUT2D eigenvalue weighted by molar-refractivity contribution is 0.610. The van der Waals surface area contributed by atoms with Gasteiger partial charge in [-0.3, -0.25) is 0 Å². The third-order valence-corrected chi connectivity index (χ3v) is 3.18. The van der Waals surface area contributed by atoms with Crippen LogP contribution in [0.15, 0.2) is 18.5 Å². The second-order valence-electron chi connectivity index (χ2n) is 4.74. The van der Waals surface area contributed by atoms with Gasteiger partial charge in [0.1, 0.15) is 12.2 Å². The van der Waals surface area contributed by atoms with Gasteiger partial charge in [0, 0.05) is 0 Å². The molecule has 1 heterocycles. The fraction of sp³-hybridized carbons (Fsp3) is 0.429. The monoisotopic (exact) mass is 244 g/mol. The molecule has 0 aliphatic rings. The van der Waals surface area contributed by atoms with Crippen molar-refractivity contribution in [1.29, 1.82) is 0 Å². The average molecular weight is 244 g/mol. The fourth-order valence-electron chi connectivity index (χ4n) is 2.32. The first kappa shape index (κ1) is 12.8. The van der Waals surface area contributed by atoms with Gasteiger partial charge in [-0.1, -0.05) is 17.7 Å². The molecule has 1 aromatic heterocycles. The van der Waals surface area contributed by atoms with Gasteiger partial charge >= 0.3 is 0 Å². The first-order valence-electron chi connectivity index (χ1n) is 6.20. The van der Waals surface area contributed by atoms with Crippen molar-refractivity contribution in [2.24, 2.45) is 0 Å². The molecule has 1 N–H and O–H groups in total. The molecule has 2 rings (SSSR count). The number of nitrogens with zero attached hydrogens (tertiary/aromatic N) is 3. The van der Waals surface area contributed by atoms with Gasteiger partial charge < -0.3 is 5.32 Å². The molecule has 0 aliphatic carbocycles. The largest absolute Gasteiger partial charge is 0.313 e. The third kappa shape index (κ3) is 2.59. The molecule has 18 heavy (non-hydrogen) atoms. The minimum absolute atomic E-state index is 0.740. The molecule has 0 spiro atoms. The van der Waals surface area contributed by atoms with E-state index < -0.39 is 0 Å². The second-order valence-corrected chi connectivity index (χ2v) is 4.74. The number of hydrogen-bond acceptors (Lipinski definition) is 3. The van der Waals surface area contributed by atoms with Gasteiger partial charge in [-0.05, 0) is 44.5 Å². The molecule has 0 radical (unpaired) electrons. The standard InChI is InChI=1S/C14H20N4/c1-10-5-11(2)13(12(3)6-10)8-18-14(7-15-4)16-9-17-18/h5-6,9,15H,7-8H2,1-4H3. The van der Waals surface area contributed by atoms with E-state index in [0.717, 1.165) is 18.9 Å². The predicted octanol–water partition coefficient (Wildman–Crippen LogP) is 1.97. The first-order chi connectivity index (χ1) is 8.61. The Hall–Kier alpha value is -1.68. The van der Waals surface area contributed by atoms with Crippen molar-refractivity contribution in [1.82, 2.24) is 20.1 Å². The Morgan fingerprint density at radius 3 is 2.44 bits per heavy atom. The summed E-state index contributed by atoms with van der Waals surface area (Å²) in [6.07, 6.45) is 1.62. The average Bonchev–Trinajstić information content (AvgIpc) is 2.71. The zero-order chi connectivity index (χ0) is 13.1. The minimum atomic E-state index is 0.740. The molecule has 0 bridgehead atoms.